The maximum atomic E-state index is 12.5. The Hall–Kier alpha value is -3.85. The van der Waals surface area contributed by atoms with Crippen molar-refractivity contribution in [1.82, 2.24) is 10.2 Å². The molecular formula is C37H40N2O5. The SMILES string of the molecule is CC1C(CN2CCOCC2)OC(c2ccc(-c3cccc(CNC(=O)c4ccccc4)c3)cc2)OC1c1ccc(CO)cc1. The molecule has 2 fully saturated rings. The number of amides is 1. The molecule has 6 rings (SSSR count). The lowest BCUT2D eigenvalue weighted by Crippen LogP contribution is -2.47. The zero-order valence-electron chi connectivity index (χ0n) is 25.1. The number of aliphatic hydroxyl groups excluding tert-OH is 1. The number of benzene rings is 4. The van der Waals surface area contributed by atoms with Crippen molar-refractivity contribution in [3.05, 3.63) is 131 Å². The molecule has 7 heteroatoms. The number of nitrogens with zero attached hydrogens (tertiary/aromatic N) is 1. The first kappa shape index (κ1) is 30.2. The van der Waals surface area contributed by atoms with Crippen LogP contribution in [0.1, 0.15) is 51.9 Å². The van der Waals surface area contributed by atoms with Gasteiger partial charge in [-0.1, -0.05) is 91.9 Å². The Kier molecular flexibility index (Phi) is 9.80. The molecule has 7 nitrogen and oxygen atoms in total. The maximum Gasteiger partial charge on any atom is 0.251 e. The zero-order chi connectivity index (χ0) is 30.3. The van der Waals surface area contributed by atoms with Gasteiger partial charge in [-0.3, -0.25) is 9.69 Å². The van der Waals surface area contributed by atoms with Crippen LogP contribution in [0.2, 0.25) is 0 Å². The van der Waals surface area contributed by atoms with Gasteiger partial charge in [-0.25, -0.2) is 0 Å². The molecule has 0 aromatic heterocycles. The Morgan fingerprint density at radius 1 is 0.818 bits per heavy atom. The van der Waals surface area contributed by atoms with E-state index in [1.807, 2.05) is 54.6 Å². The molecule has 2 saturated heterocycles. The molecule has 0 radical (unpaired) electrons. The maximum absolute atomic E-state index is 12.5. The van der Waals surface area contributed by atoms with Crippen molar-refractivity contribution in [3.8, 4) is 11.1 Å². The van der Waals surface area contributed by atoms with Gasteiger partial charge in [0.05, 0.1) is 32.0 Å². The predicted molar refractivity (Wildman–Crippen MR) is 170 cm³/mol. The summed E-state index contributed by atoms with van der Waals surface area (Å²) < 4.78 is 18.9. The van der Waals surface area contributed by atoms with Gasteiger partial charge in [0.15, 0.2) is 6.29 Å². The van der Waals surface area contributed by atoms with Crippen molar-refractivity contribution in [2.24, 2.45) is 5.92 Å². The lowest BCUT2D eigenvalue weighted by atomic mass is 9.90. The van der Waals surface area contributed by atoms with E-state index in [1.165, 1.54) is 0 Å². The third kappa shape index (κ3) is 7.26. The number of hydrogen-bond acceptors (Lipinski definition) is 6. The predicted octanol–water partition coefficient (Wildman–Crippen LogP) is 5.90. The Balaban J connectivity index is 1.17. The first-order valence-corrected chi connectivity index (χ1v) is 15.4. The van der Waals surface area contributed by atoms with Crippen molar-refractivity contribution in [2.45, 2.75) is 38.6 Å². The number of rotatable bonds is 9. The fourth-order valence-corrected chi connectivity index (χ4v) is 5.93. The molecule has 44 heavy (non-hydrogen) atoms. The average Bonchev–Trinajstić information content (AvgIpc) is 3.09. The van der Waals surface area contributed by atoms with Crippen molar-refractivity contribution < 1.29 is 24.1 Å². The lowest BCUT2D eigenvalue weighted by Gasteiger charge is -2.43. The van der Waals surface area contributed by atoms with Crippen molar-refractivity contribution in [2.75, 3.05) is 32.8 Å². The smallest absolute Gasteiger partial charge is 0.251 e. The van der Waals surface area contributed by atoms with Gasteiger partial charge in [0.1, 0.15) is 0 Å². The first-order valence-electron chi connectivity index (χ1n) is 15.4. The molecule has 0 spiro atoms. The Bertz CT molecular complexity index is 1500. The molecule has 2 N–H and O–H groups in total. The molecule has 4 atom stereocenters. The molecule has 2 aliphatic heterocycles. The van der Waals surface area contributed by atoms with Gasteiger partial charge < -0.3 is 24.6 Å². The second-order valence-electron chi connectivity index (χ2n) is 11.6. The van der Waals surface area contributed by atoms with Crippen LogP contribution in [-0.2, 0) is 27.4 Å². The van der Waals surface area contributed by atoms with Crippen LogP contribution < -0.4 is 5.32 Å². The monoisotopic (exact) mass is 592 g/mol. The number of carbonyl (C=O) groups is 1. The van der Waals surface area contributed by atoms with Crippen molar-refractivity contribution in [3.63, 3.8) is 0 Å². The molecular weight excluding hydrogens is 552 g/mol. The summed E-state index contributed by atoms with van der Waals surface area (Å²) in [6, 6.07) is 33.9. The highest BCUT2D eigenvalue weighted by molar-refractivity contribution is 5.94. The summed E-state index contributed by atoms with van der Waals surface area (Å²) in [5.74, 6) is 0.0511. The number of hydrogen-bond donors (Lipinski definition) is 2. The molecule has 2 aliphatic rings. The van der Waals surface area contributed by atoms with Crippen LogP contribution in [0, 0.1) is 5.92 Å². The van der Waals surface area contributed by atoms with Crippen LogP contribution in [0.15, 0.2) is 103 Å². The van der Waals surface area contributed by atoms with Gasteiger partial charge in [0.2, 0.25) is 0 Å². The number of ether oxygens (including phenoxy) is 3. The Morgan fingerprint density at radius 2 is 1.55 bits per heavy atom. The Morgan fingerprint density at radius 3 is 2.27 bits per heavy atom. The first-order chi connectivity index (χ1) is 21.6. The van der Waals surface area contributed by atoms with Crippen LogP contribution >= 0.6 is 0 Å². The minimum Gasteiger partial charge on any atom is -0.392 e. The summed E-state index contributed by atoms with van der Waals surface area (Å²) in [4.78, 5) is 14.9. The third-order valence-corrected chi connectivity index (χ3v) is 8.60. The van der Waals surface area contributed by atoms with Gasteiger partial charge in [-0.2, -0.15) is 0 Å². The molecule has 228 valence electrons. The van der Waals surface area contributed by atoms with E-state index >= 15 is 0 Å². The lowest BCUT2D eigenvalue weighted by molar-refractivity contribution is -0.277. The van der Waals surface area contributed by atoms with Crippen molar-refractivity contribution in [1.29, 1.82) is 0 Å². The number of carbonyl (C=O) groups excluding carboxylic acids is 1. The van der Waals surface area contributed by atoms with E-state index in [0.29, 0.717) is 12.1 Å². The standard InChI is InChI=1S/C37H40N2O5/c1-26-34(24-39-18-20-42-21-19-39)43-37(44-35(26)30-12-10-27(25-40)11-13-30)32-16-14-29(15-17-32)33-9-5-6-28(22-33)23-38-36(41)31-7-3-2-4-8-31/h2-17,22,26,34-35,37,40H,18-21,23-25H2,1H3,(H,38,41). The van der Waals surface area contributed by atoms with Crippen LogP contribution in [0.25, 0.3) is 11.1 Å². The molecule has 0 saturated carbocycles. The molecule has 4 unspecified atom stereocenters. The van der Waals surface area contributed by atoms with E-state index in [4.69, 9.17) is 14.2 Å². The van der Waals surface area contributed by atoms with Gasteiger partial charge in [-0.05, 0) is 46.0 Å². The van der Waals surface area contributed by atoms with Crippen LogP contribution in [0.5, 0.6) is 0 Å². The second kappa shape index (κ2) is 14.3. The molecule has 4 aromatic carbocycles. The van der Waals surface area contributed by atoms with E-state index in [1.54, 1.807) is 0 Å². The summed E-state index contributed by atoms with van der Waals surface area (Å²) in [6.45, 7) is 6.78. The van der Waals surface area contributed by atoms with E-state index in [-0.39, 0.29) is 30.6 Å². The largest absolute Gasteiger partial charge is 0.392 e. The molecule has 0 aliphatic carbocycles. The van der Waals surface area contributed by atoms with Gasteiger partial charge in [0, 0.05) is 43.2 Å². The van der Waals surface area contributed by atoms with Crippen LogP contribution in [-0.4, -0.2) is 54.9 Å². The fourth-order valence-electron chi connectivity index (χ4n) is 5.93. The highest BCUT2D eigenvalue weighted by atomic mass is 16.7. The molecule has 2 heterocycles. The number of aliphatic hydroxyl groups is 1. The fraction of sp³-hybridized carbons (Fsp3) is 0.324. The minimum atomic E-state index is -0.506. The molecule has 1 amide bonds. The number of morpholine rings is 1. The van der Waals surface area contributed by atoms with Gasteiger partial charge >= 0.3 is 0 Å². The quantitative estimate of drug-likeness (QED) is 0.252. The average molecular weight is 593 g/mol. The van der Waals surface area contributed by atoms with Gasteiger partial charge in [0.25, 0.3) is 5.91 Å². The van der Waals surface area contributed by atoms with E-state index in [2.05, 4.69) is 65.7 Å². The Labute approximate surface area is 259 Å². The van der Waals surface area contributed by atoms with Crippen LogP contribution in [0.3, 0.4) is 0 Å². The van der Waals surface area contributed by atoms with Gasteiger partial charge in [-0.15, -0.1) is 0 Å². The summed E-state index contributed by atoms with van der Waals surface area (Å²) in [7, 11) is 0. The zero-order valence-corrected chi connectivity index (χ0v) is 25.1. The number of nitrogens with one attached hydrogen (secondary N) is 1. The van der Waals surface area contributed by atoms with Crippen LogP contribution in [0.4, 0.5) is 0 Å². The third-order valence-electron chi connectivity index (χ3n) is 8.60. The summed E-state index contributed by atoms with van der Waals surface area (Å²) in [5.41, 5.74) is 6.78. The highest BCUT2D eigenvalue weighted by Crippen LogP contribution is 2.42. The molecule has 0 bridgehead atoms. The van der Waals surface area contributed by atoms with E-state index in [9.17, 15) is 9.90 Å². The topological polar surface area (TPSA) is 80.3 Å². The normalized spacial score (nSPS) is 22.4. The highest BCUT2D eigenvalue weighted by Gasteiger charge is 2.39. The van der Waals surface area contributed by atoms with E-state index < -0.39 is 6.29 Å². The second-order valence-corrected chi connectivity index (χ2v) is 11.6. The van der Waals surface area contributed by atoms with Crippen molar-refractivity contribution >= 4 is 5.91 Å². The van der Waals surface area contributed by atoms with E-state index in [0.717, 1.165) is 66.2 Å². The summed E-state index contributed by atoms with van der Waals surface area (Å²) >= 11 is 0. The molecule has 4 aromatic rings. The summed E-state index contributed by atoms with van der Waals surface area (Å²) in [6.07, 6.45) is -0.667. The summed E-state index contributed by atoms with van der Waals surface area (Å²) in [5, 5.41) is 12.5. The minimum absolute atomic E-state index is 0.0168.